The van der Waals surface area contributed by atoms with Crippen LogP contribution in [0.4, 0.5) is 5.69 Å². The van der Waals surface area contributed by atoms with Gasteiger partial charge in [0.1, 0.15) is 6.61 Å². The van der Waals surface area contributed by atoms with Gasteiger partial charge in [0, 0.05) is 18.2 Å². The number of hydrogen-bond acceptors (Lipinski definition) is 4. The van der Waals surface area contributed by atoms with Crippen LogP contribution in [0.5, 0.6) is 0 Å². The van der Waals surface area contributed by atoms with Crippen LogP contribution < -0.4 is 0 Å². The van der Waals surface area contributed by atoms with Crippen molar-refractivity contribution in [1.82, 2.24) is 0 Å². The molecule has 0 saturated carbocycles. The van der Waals surface area contributed by atoms with Gasteiger partial charge in [-0.3, -0.25) is 10.1 Å². The number of nitro groups is 1. The van der Waals surface area contributed by atoms with Crippen LogP contribution in [0.3, 0.4) is 0 Å². The van der Waals surface area contributed by atoms with Crippen molar-refractivity contribution >= 4 is 40.9 Å². The largest absolute Gasteiger partial charge is 0.458 e. The number of ether oxygens (including phenoxy) is 1. The molecule has 23 heavy (non-hydrogen) atoms. The number of rotatable bonds is 5. The molecule has 0 amide bonds. The summed E-state index contributed by atoms with van der Waals surface area (Å²) in [5.41, 5.74) is 1.36. The molecule has 7 heteroatoms. The first kappa shape index (κ1) is 17.0. The second-order valence-electron chi connectivity index (χ2n) is 4.54. The molecule has 0 aromatic heterocycles. The average Bonchev–Trinajstić information content (AvgIpc) is 2.54. The van der Waals surface area contributed by atoms with E-state index in [0.717, 1.165) is 5.56 Å². The number of benzene rings is 2. The number of non-ortho nitro benzene ring substituents is 1. The zero-order valence-electron chi connectivity index (χ0n) is 11.7. The number of hydrogen-bond donors (Lipinski definition) is 0. The minimum absolute atomic E-state index is 0.00987. The van der Waals surface area contributed by atoms with Crippen LogP contribution in [-0.2, 0) is 16.1 Å². The summed E-state index contributed by atoms with van der Waals surface area (Å²) in [6.45, 7) is 0.0698. The van der Waals surface area contributed by atoms with Crippen molar-refractivity contribution in [3.8, 4) is 0 Å². The molecule has 0 unspecified atom stereocenters. The zero-order valence-corrected chi connectivity index (χ0v) is 13.3. The quantitative estimate of drug-likeness (QED) is 0.340. The van der Waals surface area contributed by atoms with Gasteiger partial charge in [0.25, 0.3) is 5.69 Å². The van der Waals surface area contributed by atoms with Gasteiger partial charge in [-0.05, 0) is 41.5 Å². The second kappa shape index (κ2) is 7.76. The van der Waals surface area contributed by atoms with Gasteiger partial charge in [0.2, 0.25) is 0 Å². The Morgan fingerprint density at radius 3 is 2.43 bits per heavy atom. The second-order valence-corrected chi connectivity index (χ2v) is 5.35. The van der Waals surface area contributed by atoms with E-state index in [1.165, 1.54) is 24.3 Å². The zero-order chi connectivity index (χ0) is 16.8. The van der Waals surface area contributed by atoms with Crippen molar-refractivity contribution in [3.63, 3.8) is 0 Å². The lowest BCUT2D eigenvalue weighted by Crippen LogP contribution is -2.00. The summed E-state index contributed by atoms with van der Waals surface area (Å²) in [7, 11) is 0. The highest BCUT2D eigenvalue weighted by molar-refractivity contribution is 6.42. The summed E-state index contributed by atoms with van der Waals surface area (Å²) < 4.78 is 5.07. The van der Waals surface area contributed by atoms with Crippen LogP contribution >= 0.6 is 23.2 Å². The molecule has 0 N–H and O–H groups in total. The monoisotopic (exact) mass is 351 g/mol. The lowest BCUT2D eigenvalue weighted by Gasteiger charge is -2.03. The van der Waals surface area contributed by atoms with E-state index in [-0.39, 0.29) is 12.3 Å². The third-order valence-corrected chi connectivity index (χ3v) is 3.62. The van der Waals surface area contributed by atoms with Crippen molar-refractivity contribution in [2.45, 2.75) is 6.61 Å². The van der Waals surface area contributed by atoms with Crippen LogP contribution in [0.25, 0.3) is 6.08 Å². The van der Waals surface area contributed by atoms with Crippen molar-refractivity contribution in [1.29, 1.82) is 0 Å². The lowest BCUT2D eigenvalue weighted by atomic mass is 10.2. The third-order valence-electron chi connectivity index (χ3n) is 2.88. The van der Waals surface area contributed by atoms with Gasteiger partial charge < -0.3 is 4.74 Å². The summed E-state index contributed by atoms with van der Waals surface area (Å²) in [6.07, 6.45) is 2.76. The molecule has 0 aliphatic rings. The molecule has 0 spiro atoms. The van der Waals surface area contributed by atoms with Crippen molar-refractivity contribution in [2.24, 2.45) is 0 Å². The van der Waals surface area contributed by atoms with E-state index in [1.54, 1.807) is 30.3 Å². The Kier molecular flexibility index (Phi) is 5.73. The van der Waals surface area contributed by atoms with Gasteiger partial charge in [-0.2, -0.15) is 0 Å². The Morgan fingerprint density at radius 2 is 1.83 bits per heavy atom. The molecule has 2 aromatic rings. The number of halogens is 2. The summed E-state index contributed by atoms with van der Waals surface area (Å²) in [6, 6.07) is 10.8. The maximum Gasteiger partial charge on any atom is 0.331 e. The number of nitro benzene ring substituents is 1. The van der Waals surface area contributed by atoms with E-state index in [4.69, 9.17) is 27.9 Å². The van der Waals surface area contributed by atoms with Crippen LogP contribution in [0.2, 0.25) is 10.0 Å². The molecular weight excluding hydrogens is 341 g/mol. The lowest BCUT2D eigenvalue weighted by molar-refractivity contribution is -0.384. The molecule has 0 atom stereocenters. The molecule has 0 heterocycles. The third kappa shape index (κ3) is 5.09. The molecule has 0 fully saturated rings. The van der Waals surface area contributed by atoms with Gasteiger partial charge in [-0.1, -0.05) is 29.3 Å². The summed E-state index contributed by atoms with van der Waals surface area (Å²) in [4.78, 5) is 21.7. The van der Waals surface area contributed by atoms with Crippen molar-refractivity contribution < 1.29 is 14.5 Å². The van der Waals surface area contributed by atoms with Gasteiger partial charge >= 0.3 is 5.97 Å². The number of esters is 1. The van der Waals surface area contributed by atoms with Crippen LogP contribution in [0.1, 0.15) is 11.1 Å². The molecular formula is C16H11Cl2NO4. The maximum absolute atomic E-state index is 11.6. The summed E-state index contributed by atoms with van der Waals surface area (Å²) >= 11 is 11.7. The maximum atomic E-state index is 11.6. The van der Waals surface area contributed by atoms with Crippen LogP contribution in [-0.4, -0.2) is 10.9 Å². The fourth-order valence-corrected chi connectivity index (χ4v) is 2.02. The molecule has 5 nitrogen and oxygen atoms in total. The Morgan fingerprint density at radius 1 is 1.13 bits per heavy atom. The van der Waals surface area contributed by atoms with Gasteiger partial charge in [-0.25, -0.2) is 4.79 Å². The molecule has 0 saturated heterocycles. The molecule has 2 aromatic carbocycles. The van der Waals surface area contributed by atoms with Crippen molar-refractivity contribution in [2.75, 3.05) is 0 Å². The highest BCUT2D eigenvalue weighted by atomic mass is 35.5. The summed E-state index contributed by atoms with van der Waals surface area (Å²) in [5, 5.41) is 11.4. The molecule has 0 bridgehead atoms. The fourth-order valence-electron chi connectivity index (χ4n) is 1.70. The minimum Gasteiger partial charge on any atom is -0.458 e. The Balaban J connectivity index is 1.90. The number of carbonyl (C=O) groups excluding carboxylic acids is 1. The average molecular weight is 352 g/mol. The normalized spacial score (nSPS) is 10.7. The van der Waals surface area contributed by atoms with Gasteiger partial charge in [0.05, 0.1) is 15.0 Å². The molecule has 0 radical (unpaired) electrons. The summed E-state index contributed by atoms with van der Waals surface area (Å²) in [5.74, 6) is -0.533. The highest BCUT2D eigenvalue weighted by Gasteiger charge is 2.04. The Labute approximate surface area is 142 Å². The van der Waals surface area contributed by atoms with E-state index < -0.39 is 10.9 Å². The first-order valence-corrected chi connectivity index (χ1v) is 7.24. The van der Waals surface area contributed by atoms with E-state index in [1.807, 2.05) is 0 Å². The van der Waals surface area contributed by atoms with Crippen LogP contribution in [0.15, 0.2) is 48.5 Å². The fraction of sp³-hybridized carbons (Fsp3) is 0.0625. The number of nitrogens with zero attached hydrogens (tertiary/aromatic N) is 1. The predicted molar refractivity (Wildman–Crippen MR) is 88.4 cm³/mol. The molecule has 2 rings (SSSR count). The first-order chi connectivity index (χ1) is 11.0. The van der Waals surface area contributed by atoms with E-state index >= 15 is 0 Å². The van der Waals surface area contributed by atoms with E-state index in [0.29, 0.717) is 15.6 Å². The van der Waals surface area contributed by atoms with Crippen LogP contribution in [0, 0.1) is 10.1 Å². The molecule has 0 aliphatic heterocycles. The topological polar surface area (TPSA) is 69.4 Å². The van der Waals surface area contributed by atoms with E-state index in [9.17, 15) is 14.9 Å². The molecule has 118 valence electrons. The Hall–Kier alpha value is -2.37. The number of carbonyl (C=O) groups is 1. The van der Waals surface area contributed by atoms with Gasteiger partial charge in [0.15, 0.2) is 0 Å². The molecule has 0 aliphatic carbocycles. The Bertz CT molecular complexity index is 757. The predicted octanol–water partition coefficient (Wildman–Crippen LogP) is 4.66. The standard InChI is InChI=1S/C16H11Cl2NO4/c17-14-7-3-12(9-15(14)18)10-23-16(20)8-4-11-1-5-13(6-2-11)19(21)22/h1-9H,10H2. The van der Waals surface area contributed by atoms with Crippen molar-refractivity contribution in [3.05, 3.63) is 79.8 Å². The minimum atomic E-state index is -0.533. The van der Waals surface area contributed by atoms with Gasteiger partial charge in [-0.15, -0.1) is 0 Å². The SMILES string of the molecule is O=C(C=Cc1ccc([N+](=O)[O-])cc1)OCc1ccc(Cl)c(Cl)c1. The highest BCUT2D eigenvalue weighted by Crippen LogP contribution is 2.22. The van der Waals surface area contributed by atoms with E-state index in [2.05, 4.69) is 0 Å². The smallest absolute Gasteiger partial charge is 0.331 e. The first-order valence-electron chi connectivity index (χ1n) is 6.49.